The topological polar surface area (TPSA) is 37.3 Å². The molecule has 2 nitrogen and oxygen atoms in total. The molecule has 1 aromatic rings. The fraction of sp³-hybridized carbons (Fsp3) is 0.222. The molecule has 1 rings (SSSR count). The number of hydrogen-bond donors (Lipinski definition) is 1. The molecule has 0 aromatic heterocycles. The van der Waals surface area contributed by atoms with E-state index in [-0.39, 0.29) is 5.56 Å². The first-order valence-corrected chi connectivity index (χ1v) is 5.39. The van der Waals surface area contributed by atoms with Crippen LogP contribution in [0, 0.1) is 5.82 Å². The van der Waals surface area contributed by atoms with Crippen molar-refractivity contribution in [2.75, 3.05) is 0 Å². The maximum absolute atomic E-state index is 13.4. The summed E-state index contributed by atoms with van der Waals surface area (Å²) in [5.41, 5.74) is 0.167. The second-order valence-electron chi connectivity index (χ2n) is 2.84. The van der Waals surface area contributed by atoms with Crippen molar-refractivity contribution in [3.63, 3.8) is 0 Å². The Bertz CT molecular complexity index is 356. The summed E-state index contributed by atoms with van der Waals surface area (Å²) in [6.07, 6.45) is 0. The number of carboxylic acids is 1. The summed E-state index contributed by atoms with van der Waals surface area (Å²) in [6, 6.07) is 2.87. The zero-order valence-electron chi connectivity index (χ0n) is 7.22. The highest BCUT2D eigenvalue weighted by Gasteiger charge is 2.21. The highest BCUT2D eigenvalue weighted by molar-refractivity contribution is 9.11. The highest BCUT2D eigenvalue weighted by Crippen LogP contribution is 2.30. The summed E-state index contributed by atoms with van der Waals surface area (Å²) < 4.78 is 14.4. The van der Waals surface area contributed by atoms with Crippen LogP contribution >= 0.6 is 31.9 Å². The maximum atomic E-state index is 13.4. The van der Waals surface area contributed by atoms with Gasteiger partial charge in [-0.05, 0) is 19.1 Å². The number of rotatable bonds is 2. The Hall–Kier alpha value is -0.420. The fourth-order valence-electron chi connectivity index (χ4n) is 1.09. The summed E-state index contributed by atoms with van der Waals surface area (Å²) >= 11 is 6.25. The van der Waals surface area contributed by atoms with Crippen molar-refractivity contribution in [2.45, 2.75) is 12.8 Å². The number of aliphatic carboxylic acids is 1. The molecule has 0 spiro atoms. The molecule has 0 bridgehead atoms. The fourth-order valence-corrected chi connectivity index (χ4v) is 2.61. The second-order valence-corrected chi connectivity index (χ2v) is 4.61. The molecule has 5 heteroatoms. The number of hydrogen-bond acceptors (Lipinski definition) is 1. The van der Waals surface area contributed by atoms with Gasteiger partial charge in [-0.15, -0.1) is 0 Å². The maximum Gasteiger partial charge on any atom is 0.310 e. The predicted molar refractivity (Wildman–Crippen MR) is 57.9 cm³/mol. The highest BCUT2D eigenvalue weighted by atomic mass is 79.9. The lowest BCUT2D eigenvalue weighted by atomic mass is 10.0. The summed E-state index contributed by atoms with van der Waals surface area (Å²) in [5.74, 6) is -2.44. The normalized spacial score (nSPS) is 12.6. The molecule has 1 unspecified atom stereocenters. The second kappa shape index (κ2) is 4.40. The van der Waals surface area contributed by atoms with E-state index in [1.807, 2.05) is 0 Å². The quantitative estimate of drug-likeness (QED) is 0.903. The van der Waals surface area contributed by atoms with Gasteiger partial charge in [-0.25, -0.2) is 4.39 Å². The Morgan fingerprint density at radius 3 is 2.50 bits per heavy atom. The predicted octanol–water partition coefficient (Wildman–Crippen LogP) is 3.54. The van der Waals surface area contributed by atoms with Gasteiger partial charge in [0.05, 0.1) is 5.92 Å². The minimum Gasteiger partial charge on any atom is -0.481 e. The number of carbonyl (C=O) groups is 1. The minimum absolute atomic E-state index is 0.167. The Morgan fingerprint density at radius 2 is 2.07 bits per heavy atom. The van der Waals surface area contributed by atoms with E-state index < -0.39 is 17.7 Å². The Kier molecular flexibility index (Phi) is 3.66. The van der Waals surface area contributed by atoms with Crippen molar-refractivity contribution < 1.29 is 14.3 Å². The molecular weight excluding hydrogens is 319 g/mol. The van der Waals surface area contributed by atoms with Crippen LogP contribution in [0.5, 0.6) is 0 Å². The summed E-state index contributed by atoms with van der Waals surface area (Å²) in [5, 5.41) is 8.75. The van der Waals surface area contributed by atoms with Crippen LogP contribution in [0.1, 0.15) is 18.4 Å². The van der Waals surface area contributed by atoms with Crippen LogP contribution in [0.3, 0.4) is 0 Å². The molecule has 0 aliphatic rings. The van der Waals surface area contributed by atoms with Crippen molar-refractivity contribution in [3.05, 3.63) is 32.5 Å². The SMILES string of the molecule is CC(C(=O)O)c1c(F)cc(Br)cc1Br. The third-order valence-electron chi connectivity index (χ3n) is 1.85. The van der Waals surface area contributed by atoms with E-state index in [2.05, 4.69) is 31.9 Å². The van der Waals surface area contributed by atoms with E-state index in [4.69, 9.17) is 5.11 Å². The number of halogens is 3. The molecule has 0 amide bonds. The summed E-state index contributed by atoms with van der Waals surface area (Å²) in [6.45, 7) is 1.44. The lowest BCUT2D eigenvalue weighted by Gasteiger charge is -2.10. The van der Waals surface area contributed by atoms with E-state index in [0.29, 0.717) is 8.95 Å². The van der Waals surface area contributed by atoms with Gasteiger partial charge in [0.15, 0.2) is 0 Å². The number of benzene rings is 1. The van der Waals surface area contributed by atoms with Crippen LogP contribution in [0.15, 0.2) is 21.1 Å². The van der Waals surface area contributed by atoms with Gasteiger partial charge in [-0.3, -0.25) is 4.79 Å². The Labute approximate surface area is 97.4 Å². The van der Waals surface area contributed by atoms with Crippen molar-refractivity contribution >= 4 is 37.8 Å². The van der Waals surface area contributed by atoms with Crippen molar-refractivity contribution in [1.82, 2.24) is 0 Å². The van der Waals surface area contributed by atoms with Gasteiger partial charge in [0.25, 0.3) is 0 Å². The molecule has 0 aliphatic carbocycles. The molecule has 0 heterocycles. The largest absolute Gasteiger partial charge is 0.481 e. The van der Waals surface area contributed by atoms with E-state index >= 15 is 0 Å². The van der Waals surface area contributed by atoms with Crippen LogP contribution in [-0.4, -0.2) is 11.1 Å². The third-order valence-corrected chi connectivity index (χ3v) is 2.96. The average molecular weight is 326 g/mol. The molecule has 0 fully saturated rings. The van der Waals surface area contributed by atoms with E-state index in [0.717, 1.165) is 0 Å². The van der Waals surface area contributed by atoms with Gasteiger partial charge < -0.3 is 5.11 Å². The first kappa shape index (κ1) is 11.7. The van der Waals surface area contributed by atoms with Gasteiger partial charge in [0.2, 0.25) is 0 Å². The lowest BCUT2D eigenvalue weighted by Crippen LogP contribution is -2.10. The van der Waals surface area contributed by atoms with Gasteiger partial charge >= 0.3 is 5.97 Å². The van der Waals surface area contributed by atoms with Gasteiger partial charge in [-0.2, -0.15) is 0 Å². The number of carboxylic acid groups (broad SMARTS) is 1. The first-order valence-electron chi connectivity index (χ1n) is 3.80. The van der Waals surface area contributed by atoms with Crippen LogP contribution in [0.25, 0.3) is 0 Å². The van der Waals surface area contributed by atoms with Gasteiger partial charge in [0, 0.05) is 14.5 Å². The lowest BCUT2D eigenvalue weighted by molar-refractivity contribution is -0.138. The van der Waals surface area contributed by atoms with Crippen molar-refractivity contribution in [3.8, 4) is 0 Å². The van der Waals surface area contributed by atoms with Crippen molar-refractivity contribution in [2.24, 2.45) is 0 Å². The van der Waals surface area contributed by atoms with Crippen LogP contribution in [0.2, 0.25) is 0 Å². The standard InChI is InChI=1S/C9H7Br2FO2/c1-4(9(13)14)8-6(11)2-5(10)3-7(8)12/h2-4H,1H3,(H,13,14). The van der Waals surface area contributed by atoms with Crippen LogP contribution in [0.4, 0.5) is 4.39 Å². The van der Waals surface area contributed by atoms with E-state index in [1.165, 1.54) is 13.0 Å². The molecule has 14 heavy (non-hydrogen) atoms. The molecule has 1 atom stereocenters. The summed E-state index contributed by atoms with van der Waals surface area (Å²) in [4.78, 5) is 10.7. The third kappa shape index (κ3) is 2.33. The van der Waals surface area contributed by atoms with Crippen LogP contribution in [-0.2, 0) is 4.79 Å². The summed E-state index contributed by atoms with van der Waals surface area (Å²) in [7, 11) is 0. The van der Waals surface area contributed by atoms with Crippen molar-refractivity contribution in [1.29, 1.82) is 0 Å². The Morgan fingerprint density at radius 1 is 1.50 bits per heavy atom. The van der Waals surface area contributed by atoms with Gasteiger partial charge in [-0.1, -0.05) is 31.9 Å². The molecule has 0 aliphatic heterocycles. The molecule has 0 saturated carbocycles. The first-order chi connectivity index (χ1) is 6.43. The minimum atomic E-state index is -1.05. The molecule has 0 saturated heterocycles. The molecule has 1 aromatic carbocycles. The molecule has 0 radical (unpaired) electrons. The monoisotopic (exact) mass is 324 g/mol. The van der Waals surface area contributed by atoms with E-state index in [1.54, 1.807) is 6.07 Å². The van der Waals surface area contributed by atoms with Crippen LogP contribution < -0.4 is 0 Å². The van der Waals surface area contributed by atoms with Gasteiger partial charge in [0.1, 0.15) is 5.82 Å². The smallest absolute Gasteiger partial charge is 0.310 e. The molecular formula is C9H7Br2FO2. The zero-order chi connectivity index (χ0) is 10.9. The molecule has 1 N–H and O–H groups in total. The zero-order valence-corrected chi connectivity index (χ0v) is 10.4. The van der Waals surface area contributed by atoms with E-state index in [9.17, 15) is 9.18 Å². The Balaban J connectivity index is 3.27. The average Bonchev–Trinajstić information content (AvgIpc) is 2.01. The molecule has 76 valence electrons.